The van der Waals surface area contributed by atoms with E-state index in [0.717, 1.165) is 17.3 Å². The SMILES string of the molecule is C=C(C)/C=C(/F)C(=C)F.C=C/C(=C\C(=C)C)N(C)C.CC. The van der Waals surface area contributed by atoms with Gasteiger partial charge in [-0.1, -0.05) is 51.3 Å². The molecular formula is C18H29F2N. The second-order valence-electron chi connectivity index (χ2n) is 4.26. The molecule has 0 rings (SSSR count). The van der Waals surface area contributed by atoms with Crippen molar-refractivity contribution >= 4 is 0 Å². The maximum atomic E-state index is 12.1. The molecule has 0 N–H and O–H groups in total. The van der Waals surface area contributed by atoms with Gasteiger partial charge in [-0.2, -0.15) is 0 Å². The van der Waals surface area contributed by atoms with Gasteiger partial charge in [-0.25, -0.2) is 8.78 Å². The number of hydrogen-bond donors (Lipinski definition) is 0. The van der Waals surface area contributed by atoms with Crippen molar-refractivity contribution in [3.05, 3.63) is 73.0 Å². The van der Waals surface area contributed by atoms with Crippen LogP contribution in [0, 0.1) is 0 Å². The average molecular weight is 297 g/mol. The lowest BCUT2D eigenvalue weighted by Gasteiger charge is -2.12. The normalized spacial score (nSPS) is 10.3. The first-order chi connectivity index (χ1) is 9.61. The highest BCUT2D eigenvalue weighted by Gasteiger charge is 1.96. The Balaban J connectivity index is -0.000000277. The second kappa shape index (κ2) is 14.5. The lowest BCUT2D eigenvalue weighted by atomic mass is 10.2. The third-order valence-electron chi connectivity index (χ3n) is 1.75. The molecule has 0 aromatic rings. The van der Waals surface area contributed by atoms with Crippen LogP contribution in [0.25, 0.3) is 0 Å². The van der Waals surface area contributed by atoms with Gasteiger partial charge >= 0.3 is 0 Å². The van der Waals surface area contributed by atoms with Gasteiger partial charge < -0.3 is 4.90 Å². The predicted octanol–water partition coefficient (Wildman–Crippen LogP) is 6.12. The van der Waals surface area contributed by atoms with Crippen molar-refractivity contribution in [2.45, 2.75) is 27.7 Å². The number of nitrogens with zero attached hydrogens (tertiary/aromatic N) is 1. The second-order valence-corrected chi connectivity index (χ2v) is 4.26. The van der Waals surface area contributed by atoms with Crippen molar-refractivity contribution in [3.63, 3.8) is 0 Å². The standard InChI is InChI=1S/C9H15N.C7H8F2.C2H6/c1-6-9(10(4)5)7-8(2)3;1-5(2)4-7(9)6(3)8;1-2/h6-7H,1-2H2,3-5H3;4H,1,3H2,2H3;1-2H3/b9-7+;7-4+;. The number of rotatable bonds is 5. The van der Waals surface area contributed by atoms with Crippen LogP contribution >= 0.6 is 0 Å². The molecule has 0 aliphatic rings. The summed E-state index contributed by atoms with van der Waals surface area (Å²) >= 11 is 0. The number of hydrogen-bond acceptors (Lipinski definition) is 1. The molecule has 0 amide bonds. The molecule has 0 aromatic carbocycles. The monoisotopic (exact) mass is 297 g/mol. The molecule has 0 spiro atoms. The van der Waals surface area contributed by atoms with Crippen molar-refractivity contribution in [1.82, 2.24) is 4.90 Å². The van der Waals surface area contributed by atoms with Crippen molar-refractivity contribution in [3.8, 4) is 0 Å². The van der Waals surface area contributed by atoms with E-state index in [1.165, 1.54) is 0 Å². The highest BCUT2D eigenvalue weighted by molar-refractivity contribution is 5.25. The topological polar surface area (TPSA) is 3.24 Å². The molecule has 3 heteroatoms. The minimum Gasteiger partial charge on any atom is -0.378 e. The highest BCUT2D eigenvalue weighted by atomic mass is 19.2. The van der Waals surface area contributed by atoms with Gasteiger partial charge in [-0.05, 0) is 32.1 Å². The fourth-order valence-corrected chi connectivity index (χ4v) is 0.918. The van der Waals surface area contributed by atoms with Crippen LogP contribution in [0.5, 0.6) is 0 Å². The van der Waals surface area contributed by atoms with Gasteiger partial charge in [-0.3, -0.25) is 0 Å². The van der Waals surface area contributed by atoms with Gasteiger partial charge in [0.2, 0.25) is 0 Å². The van der Waals surface area contributed by atoms with Crippen molar-refractivity contribution < 1.29 is 8.78 Å². The Morgan fingerprint density at radius 2 is 1.29 bits per heavy atom. The summed E-state index contributed by atoms with van der Waals surface area (Å²) in [5, 5.41) is 0. The summed E-state index contributed by atoms with van der Waals surface area (Å²) in [5.41, 5.74) is 2.60. The molecule has 0 aliphatic carbocycles. The van der Waals surface area contributed by atoms with E-state index < -0.39 is 11.7 Å². The molecule has 0 bridgehead atoms. The summed E-state index contributed by atoms with van der Waals surface area (Å²) < 4.78 is 23.9. The van der Waals surface area contributed by atoms with E-state index in [2.05, 4.69) is 26.3 Å². The molecule has 0 aliphatic heterocycles. The summed E-state index contributed by atoms with van der Waals surface area (Å²) in [7, 11) is 3.97. The van der Waals surface area contributed by atoms with Crippen LogP contribution in [0.1, 0.15) is 27.7 Å². The third-order valence-corrected chi connectivity index (χ3v) is 1.75. The molecule has 120 valence electrons. The first-order valence-corrected chi connectivity index (χ1v) is 6.66. The lowest BCUT2D eigenvalue weighted by molar-refractivity contribution is 0.530. The predicted molar refractivity (Wildman–Crippen MR) is 92.4 cm³/mol. The van der Waals surface area contributed by atoms with Gasteiger partial charge in [0.25, 0.3) is 0 Å². The van der Waals surface area contributed by atoms with Crippen LogP contribution < -0.4 is 0 Å². The minimum absolute atomic E-state index is 0.464. The van der Waals surface area contributed by atoms with Gasteiger partial charge in [0.15, 0.2) is 11.7 Å². The van der Waals surface area contributed by atoms with Gasteiger partial charge in [0, 0.05) is 19.8 Å². The van der Waals surface area contributed by atoms with E-state index in [-0.39, 0.29) is 0 Å². The molecule has 0 saturated heterocycles. The van der Waals surface area contributed by atoms with Crippen LogP contribution in [0.3, 0.4) is 0 Å². The Bertz CT molecular complexity index is 413. The quantitative estimate of drug-likeness (QED) is 0.553. The number of likely N-dealkylation sites (N-methyl/N-ethyl adjacent to an activating group) is 1. The molecule has 21 heavy (non-hydrogen) atoms. The summed E-state index contributed by atoms with van der Waals surface area (Å²) in [6.45, 7) is 21.1. The fourth-order valence-electron chi connectivity index (χ4n) is 0.918. The van der Waals surface area contributed by atoms with Gasteiger partial charge in [0.05, 0.1) is 0 Å². The zero-order valence-electron chi connectivity index (χ0n) is 14.3. The highest BCUT2D eigenvalue weighted by Crippen LogP contribution is 2.11. The Labute approximate surface area is 129 Å². The minimum atomic E-state index is -1.06. The summed E-state index contributed by atoms with van der Waals surface area (Å²) in [6.07, 6.45) is 4.80. The molecule has 0 fully saturated rings. The molecule has 0 unspecified atom stereocenters. The zero-order valence-corrected chi connectivity index (χ0v) is 14.3. The number of halogens is 2. The van der Waals surface area contributed by atoms with Crippen molar-refractivity contribution in [1.29, 1.82) is 0 Å². The van der Waals surface area contributed by atoms with E-state index >= 15 is 0 Å². The Morgan fingerprint density at radius 1 is 0.905 bits per heavy atom. The first-order valence-electron chi connectivity index (χ1n) is 6.66. The Morgan fingerprint density at radius 3 is 1.38 bits per heavy atom. The molecular weight excluding hydrogens is 268 g/mol. The van der Waals surface area contributed by atoms with Crippen molar-refractivity contribution in [2.24, 2.45) is 0 Å². The first kappa shape index (κ1) is 24.1. The van der Waals surface area contributed by atoms with Crippen LogP contribution in [0.4, 0.5) is 8.78 Å². The molecule has 0 radical (unpaired) electrons. The Hall–Kier alpha value is -1.90. The Kier molecular flexibility index (Phi) is 16.7. The van der Waals surface area contributed by atoms with E-state index in [9.17, 15) is 8.78 Å². The summed E-state index contributed by atoms with van der Waals surface area (Å²) in [6, 6.07) is 0. The molecule has 0 atom stereocenters. The fraction of sp³-hybridized carbons (Fsp3) is 0.333. The van der Waals surface area contributed by atoms with E-state index in [0.29, 0.717) is 5.57 Å². The molecule has 0 heterocycles. The molecule has 0 saturated carbocycles. The van der Waals surface area contributed by atoms with Crippen molar-refractivity contribution in [2.75, 3.05) is 14.1 Å². The van der Waals surface area contributed by atoms with Crippen LogP contribution in [0.15, 0.2) is 73.0 Å². The summed E-state index contributed by atoms with van der Waals surface area (Å²) in [4.78, 5) is 2.00. The molecule has 1 nitrogen and oxygen atoms in total. The average Bonchev–Trinajstić information content (AvgIpc) is 2.37. The maximum Gasteiger partial charge on any atom is 0.158 e. The van der Waals surface area contributed by atoms with Crippen LogP contribution in [0.2, 0.25) is 0 Å². The number of allylic oxidation sites excluding steroid dienone is 7. The van der Waals surface area contributed by atoms with Gasteiger partial charge in [0.1, 0.15) is 0 Å². The smallest absolute Gasteiger partial charge is 0.158 e. The third kappa shape index (κ3) is 18.1. The lowest BCUT2D eigenvalue weighted by Crippen LogP contribution is -2.08. The maximum absolute atomic E-state index is 12.1. The van der Waals surface area contributed by atoms with Gasteiger partial charge in [-0.15, -0.1) is 0 Å². The molecule has 0 aromatic heterocycles. The zero-order chi connectivity index (χ0) is 17.6. The summed E-state index contributed by atoms with van der Waals surface area (Å²) in [5.74, 6) is -2.01. The van der Waals surface area contributed by atoms with E-state index in [1.54, 1.807) is 6.92 Å². The largest absolute Gasteiger partial charge is 0.378 e. The van der Waals surface area contributed by atoms with E-state index in [4.69, 9.17) is 0 Å². The van der Waals surface area contributed by atoms with Crippen LogP contribution in [-0.4, -0.2) is 19.0 Å². The van der Waals surface area contributed by atoms with E-state index in [1.807, 2.05) is 51.9 Å². The van der Waals surface area contributed by atoms with Crippen LogP contribution in [-0.2, 0) is 0 Å².